The van der Waals surface area contributed by atoms with Gasteiger partial charge in [-0.15, -0.1) is 0 Å². The molecule has 1 aromatic rings. The number of carbonyl (C=O) groups is 1. The molecule has 0 fully saturated rings. The number of hydrogen-bond acceptors (Lipinski definition) is 3. The molecule has 0 aromatic heterocycles. The standard InChI is InChI=1S/C11H13ClO3/c1-7-3-4-8(5-9(7)12)6-10(13)11(14)15-2/h3-5,10,13H,6H2,1-2H3. The largest absolute Gasteiger partial charge is 0.467 e. The van der Waals surface area contributed by atoms with Crippen molar-refractivity contribution in [1.82, 2.24) is 0 Å². The third-order valence-electron chi connectivity index (χ3n) is 2.14. The van der Waals surface area contributed by atoms with Gasteiger partial charge in [-0.1, -0.05) is 23.7 Å². The molecule has 15 heavy (non-hydrogen) atoms. The van der Waals surface area contributed by atoms with E-state index in [1.165, 1.54) is 7.11 Å². The Hall–Kier alpha value is -1.06. The van der Waals surface area contributed by atoms with Crippen molar-refractivity contribution in [1.29, 1.82) is 0 Å². The minimum atomic E-state index is -1.13. The maximum atomic E-state index is 11.0. The smallest absolute Gasteiger partial charge is 0.335 e. The third kappa shape index (κ3) is 3.22. The Morgan fingerprint density at radius 2 is 2.27 bits per heavy atom. The number of hydrogen-bond donors (Lipinski definition) is 1. The summed E-state index contributed by atoms with van der Waals surface area (Å²) in [6.07, 6.45) is -0.916. The summed E-state index contributed by atoms with van der Waals surface area (Å²) in [6, 6.07) is 5.41. The average molecular weight is 229 g/mol. The number of ether oxygens (including phenoxy) is 1. The maximum absolute atomic E-state index is 11.0. The zero-order valence-electron chi connectivity index (χ0n) is 8.66. The first-order chi connectivity index (χ1) is 7.04. The summed E-state index contributed by atoms with van der Waals surface area (Å²) in [5, 5.41) is 10.0. The number of esters is 1. The first-order valence-corrected chi connectivity index (χ1v) is 4.93. The Kier molecular flexibility index (Phi) is 4.12. The van der Waals surface area contributed by atoms with Gasteiger partial charge < -0.3 is 9.84 Å². The second kappa shape index (κ2) is 5.14. The minimum absolute atomic E-state index is 0.215. The summed E-state index contributed by atoms with van der Waals surface area (Å²) in [6.45, 7) is 1.89. The van der Waals surface area contributed by atoms with Gasteiger partial charge in [-0.05, 0) is 24.1 Å². The Morgan fingerprint density at radius 3 is 2.80 bits per heavy atom. The number of aryl methyl sites for hydroxylation is 1. The van der Waals surface area contributed by atoms with Crippen LogP contribution in [0, 0.1) is 6.92 Å². The zero-order chi connectivity index (χ0) is 11.4. The minimum Gasteiger partial charge on any atom is -0.467 e. The molecule has 0 spiro atoms. The van der Waals surface area contributed by atoms with E-state index < -0.39 is 12.1 Å². The molecule has 1 N–H and O–H groups in total. The lowest BCUT2D eigenvalue weighted by molar-refractivity contribution is -0.150. The zero-order valence-corrected chi connectivity index (χ0v) is 9.41. The molecule has 1 aromatic carbocycles. The van der Waals surface area contributed by atoms with Crippen LogP contribution in [0.2, 0.25) is 5.02 Å². The van der Waals surface area contributed by atoms with Gasteiger partial charge in [0.2, 0.25) is 0 Å². The molecule has 0 aliphatic heterocycles. The lowest BCUT2D eigenvalue weighted by Crippen LogP contribution is -2.24. The summed E-state index contributed by atoms with van der Waals surface area (Å²) >= 11 is 5.91. The average Bonchev–Trinajstić information content (AvgIpc) is 2.22. The highest BCUT2D eigenvalue weighted by Crippen LogP contribution is 2.17. The highest BCUT2D eigenvalue weighted by atomic mass is 35.5. The molecule has 0 aliphatic carbocycles. The van der Waals surface area contributed by atoms with Gasteiger partial charge >= 0.3 is 5.97 Å². The van der Waals surface area contributed by atoms with E-state index in [-0.39, 0.29) is 6.42 Å². The summed E-state index contributed by atoms with van der Waals surface area (Å²) in [7, 11) is 1.24. The lowest BCUT2D eigenvalue weighted by atomic mass is 10.1. The molecule has 0 radical (unpaired) electrons. The number of aliphatic hydroxyl groups excluding tert-OH is 1. The van der Waals surface area contributed by atoms with Crippen LogP contribution in [0.1, 0.15) is 11.1 Å². The number of rotatable bonds is 3. The predicted molar refractivity (Wildman–Crippen MR) is 57.9 cm³/mol. The molecule has 0 amide bonds. The van der Waals surface area contributed by atoms with E-state index in [1.807, 2.05) is 19.1 Å². The molecule has 0 saturated carbocycles. The SMILES string of the molecule is COC(=O)C(O)Cc1ccc(C)c(Cl)c1. The molecule has 0 bridgehead atoms. The first-order valence-electron chi connectivity index (χ1n) is 4.55. The van der Waals surface area contributed by atoms with Crippen LogP contribution in [0.5, 0.6) is 0 Å². The molecular formula is C11H13ClO3. The van der Waals surface area contributed by atoms with Gasteiger partial charge in [0.25, 0.3) is 0 Å². The predicted octanol–water partition coefficient (Wildman–Crippen LogP) is 1.72. The monoisotopic (exact) mass is 228 g/mol. The van der Waals surface area contributed by atoms with Crippen LogP contribution >= 0.6 is 11.6 Å². The van der Waals surface area contributed by atoms with Crippen LogP contribution in [0.3, 0.4) is 0 Å². The summed E-state index contributed by atoms with van der Waals surface area (Å²) in [5.41, 5.74) is 1.77. The van der Waals surface area contributed by atoms with Gasteiger partial charge in [0, 0.05) is 11.4 Å². The highest BCUT2D eigenvalue weighted by Gasteiger charge is 2.15. The van der Waals surface area contributed by atoms with Gasteiger partial charge in [0.05, 0.1) is 7.11 Å². The van der Waals surface area contributed by atoms with Crippen molar-refractivity contribution in [3.63, 3.8) is 0 Å². The van der Waals surface area contributed by atoms with Crippen LogP contribution in [0.25, 0.3) is 0 Å². The number of carbonyl (C=O) groups excluding carboxylic acids is 1. The van der Waals surface area contributed by atoms with E-state index in [1.54, 1.807) is 6.07 Å². The number of methoxy groups -OCH3 is 1. The van der Waals surface area contributed by atoms with Gasteiger partial charge in [-0.3, -0.25) is 0 Å². The Labute approximate surface area is 93.6 Å². The van der Waals surface area contributed by atoms with Crippen molar-refractivity contribution in [2.24, 2.45) is 0 Å². The summed E-state index contributed by atoms with van der Waals surface area (Å²) in [5.74, 6) is -0.633. The summed E-state index contributed by atoms with van der Waals surface area (Å²) < 4.78 is 4.42. The Balaban J connectivity index is 2.73. The molecule has 1 rings (SSSR count). The number of benzene rings is 1. The van der Waals surface area contributed by atoms with Crippen molar-refractivity contribution in [3.05, 3.63) is 34.3 Å². The van der Waals surface area contributed by atoms with Crippen molar-refractivity contribution >= 4 is 17.6 Å². The van der Waals surface area contributed by atoms with Crippen LogP contribution in [-0.2, 0) is 16.0 Å². The van der Waals surface area contributed by atoms with E-state index in [0.717, 1.165) is 11.1 Å². The Bertz CT molecular complexity index is 363. The fourth-order valence-corrected chi connectivity index (χ4v) is 1.41. The molecule has 4 heteroatoms. The van der Waals surface area contributed by atoms with Crippen molar-refractivity contribution < 1.29 is 14.6 Å². The van der Waals surface area contributed by atoms with E-state index in [4.69, 9.17) is 11.6 Å². The van der Waals surface area contributed by atoms with Gasteiger partial charge in [0.15, 0.2) is 6.10 Å². The van der Waals surface area contributed by atoms with Gasteiger partial charge in [-0.25, -0.2) is 4.79 Å². The molecule has 82 valence electrons. The lowest BCUT2D eigenvalue weighted by Gasteiger charge is -2.09. The van der Waals surface area contributed by atoms with Crippen LogP contribution in [0.4, 0.5) is 0 Å². The van der Waals surface area contributed by atoms with Crippen LogP contribution in [0.15, 0.2) is 18.2 Å². The highest BCUT2D eigenvalue weighted by molar-refractivity contribution is 6.31. The number of aliphatic hydroxyl groups is 1. The van der Waals surface area contributed by atoms with Crippen molar-refractivity contribution in [2.45, 2.75) is 19.4 Å². The topological polar surface area (TPSA) is 46.5 Å². The molecule has 0 heterocycles. The molecule has 1 atom stereocenters. The van der Waals surface area contributed by atoms with Gasteiger partial charge in [0.1, 0.15) is 0 Å². The first kappa shape index (κ1) is 12.0. The van der Waals surface area contributed by atoms with E-state index >= 15 is 0 Å². The molecule has 3 nitrogen and oxygen atoms in total. The fraction of sp³-hybridized carbons (Fsp3) is 0.364. The van der Waals surface area contributed by atoms with Gasteiger partial charge in [-0.2, -0.15) is 0 Å². The van der Waals surface area contributed by atoms with Crippen molar-refractivity contribution in [3.8, 4) is 0 Å². The maximum Gasteiger partial charge on any atom is 0.335 e. The third-order valence-corrected chi connectivity index (χ3v) is 2.55. The Morgan fingerprint density at radius 1 is 1.60 bits per heavy atom. The quantitative estimate of drug-likeness (QED) is 0.802. The molecule has 0 saturated heterocycles. The van der Waals surface area contributed by atoms with E-state index in [0.29, 0.717) is 5.02 Å². The number of halogens is 1. The molecule has 0 aliphatic rings. The summed E-state index contributed by atoms with van der Waals surface area (Å²) in [4.78, 5) is 11.0. The van der Waals surface area contributed by atoms with Crippen LogP contribution < -0.4 is 0 Å². The molecular weight excluding hydrogens is 216 g/mol. The van der Waals surface area contributed by atoms with Crippen LogP contribution in [-0.4, -0.2) is 24.3 Å². The van der Waals surface area contributed by atoms with Crippen molar-refractivity contribution in [2.75, 3.05) is 7.11 Å². The van der Waals surface area contributed by atoms with E-state index in [2.05, 4.69) is 4.74 Å². The fourth-order valence-electron chi connectivity index (χ4n) is 1.21. The normalized spacial score (nSPS) is 12.3. The second-order valence-corrected chi connectivity index (χ2v) is 3.73. The molecule has 1 unspecified atom stereocenters. The van der Waals surface area contributed by atoms with E-state index in [9.17, 15) is 9.90 Å². The second-order valence-electron chi connectivity index (χ2n) is 3.33.